The predicted octanol–water partition coefficient (Wildman–Crippen LogP) is 2.31. The Morgan fingerprint density at radius 3 is 2.24 bits per heavy atom. The number of amides is 1. The molecule has 0 radical (unpaired) electrons. The van der Waals surface area contributed by atoms with Crippen LogP contribution in [0.2, 0.25) is 0 Å². The van der Waals surface area contributed by atoms with Crippen LogP contribution >= 0.6 is 0 Å². The topological polar surface area (TPSA) is 84.9 Å². The van der Waals surface area contributed by atoms with Crippen LogP contribution in [0.4, 0.5) is 5.69 Å². The minimum atomic E-state index is -1.14. The second-order valence-electron chi connectivity index (χ2n) is 4.69. The van der Waals surface area contributed by atoms with Crippen molar-refractivity contribution in [2.75, 3.05) is 19.5 Å². The van der Waals surface area contributed by atoms with Gasteiger partial charge in [0, 0.05) is 18.1 Å². The average molecular weight is 291 g/mol. The maximum absolute atomic E-state index is 12.1. The van der Waals surface area contributed by atoms with E-state index in [2.05, 4.69) is 5.32 Å². The number of benzene rings is 1. The van der Waals surface area contributed by atoms with Gasteiger partial charge in [-0.05, 0) is 12.8 Å². The van der Waals surface area contributed by atoms with Crippen molar-refractivity contribution in [3.63, 3.8) is 0 Å². The van der Waals surface area contributed by atoms with E-state index < -0.39 is 5.97 Å². The maximum atomic E-state index is 12.1. The van der Waals surface area contributed by atoms with Gasteiger partial charge in [0.2, 0.25) is 5.91 Å². The lowest BCUT2D eigenvalue weighted by Crippen LogP contribution is -2.22. The molecule has 21 heavy (non-hydrogen) atoms. The standard InChI is InChI=1S/C15H17NO5/c1-20-12-7-10(15(18)19)11(8-13(12)21-2)16-14(17)9-5-3-4-6-9/h3-4,7-9H,5-6H2,1-2H3,(H,16,17)(H,18,19). The largest absolute Gasteiger partial charge is 0.493 e. The number of rotatable bonds is 5. The summed E-state index contributed by atoms with van der Waals surface area (Å²) in [5.74, 6) is -0.831. The van der Waals surface area contributed by atoms with Gasteiger partial charge in [-0.15, -0.1) is 0 Å². The molecule has 1 aliphatic rings. The van der Waals surface area contributed by atoms with Crippen LogP contribution in [-0.2, 0) is 4.79 Å². The second-order valence-corrected chi connectivity index (χ2v) is 4.69. The number of carbonyl (C=O) groups excluding carboxylic acids is 1. The van der Waals surface area contributed by atoms with E-state index in [9.17, 15) is 14.7 Å². The fourth-order valence-corrected chi connectivity index (χ4v) is 2.23. The van der Waals surface area contributed by atoms with Crippen molar-refractivity contribution in [1.29, 1.82) is 0 Å². The molecule has 0 spiro atoms. The highest BCUT2D eigenvalue weighted by Crippen LogP contribution is 2.34. The van der Waals surface area contributed by atoms with Crippen LogP contribution in [0.15, 0.2) is 24.3 Å². The molecular weight excluding hydrogens is 274 g/mol. The molecule has 2 N–H and O–H groups in total. The van der Waals surface area contributed by atoms with Gasteiger partial charge in [-0.1, -0.05) is 12.2 Å². The minimum Gasteiger partial charge on any atom is -0.493 e. The lowest BCUT2D eigenvalue weighted by molar-refractivity contribution is -0.119. The molecule has 0 aliphatic heterocycles. The van der Waals surface area contributed by atoms with E-state index in [0.717, 1.165) is 0 Å². The van der Waals surface area contributed by atoms with E-state index in [1.807, 2.05) is 12.2 Å². The number of hydrogen-bond acceptors (Lipinski definition) is 4. The Hall–Kier alpha value is -2.50. The average Bonchev–Trinajstić information content (AvgIpc) is 3.00. The van der Waals surface area contributed by atoms with Crippen molar-refractivity contribution in [2.24, 2.45) is 5.92 Å². The van der Waals surface area contributed by atoms with E-state index in [1.54, 1.807) is 0 Å². The molecule has 1 aromatic rings. The smallest absolute Gasteiger partial charge is 0.337 e. The van der Waals surface area contributed by atoms with Gasteiger partial charge in [-0.25, -0.2) is 4.79 Å². The van der Waals surface area contributed by atoms with Crippen molar-refractivity contribution in [2.45, 2.75) is 12.8 Å². The maximum Gasteiger partial charge on any atom is 0.337 e. The van der Waals surface area contributed by atoms with Crippen LogP contribution in [0.3, 0.4) is 0 Å². The van der Waals surface area contributed by atoms with E-state index in [-0.39, 0.29) is 23.1 Å². The zero-order chi connectivity index (χ0) is 15.4. The summed E-state index contributed by atoms with van der Waals surface area (Å²) in [4.78, 5) is 23.5. The molecule has 0 saturated carbocycles. The van der Waals surface area contributed by atoms with Crippen LogP contribution in [0.5, 0.6) is 11.5 Å². The normalized spacial score (nSPS) is 14.0. The summed E-state index contributed by atoms with van der Waals surface area (Å²) in [6.45, 7) is 0. The minimum absolute atomic E-state index is 0.0352. The Labute approximate surface area is 122 Å². The predicted molar refractivity (Wildman–Crippen MR) is 77.0 cm³/mol. The third-order valence-corrected chi connectivity index (χ3v) is 3.39. The fourth-order valence-electron chi connectivity index (χ4n) is 2.23. The molecule has 0 bridgehead atoms. The number of carbonyl (C=O) groups is 2. The van der Waals surface area contributed by atoms with E-state index in [4.69, 9.17) is 9.47 Å². The van der Waals surface area contributed by atoms with E-state index >= 15 is 0 Å². The summed E-state index contributed by atoms with van der Waals surface area (Å²) in [6.07, 6.45) is 5.22. The zero-order valence-corrected chi connectivity index (χ0v) is 11.9. The van der Waals surface area contributed by atoms with Gasteiger partial charge >= 0.3 is 5.97 Å². The van der Waals surface area contributed by atoms with Crippen molar-refractivity contribution < 1.29 is 24.2 Å². The van der Waals surface area contributed by atoms with Crippen LogP contribution in [0.1, 0.15) is 23.2 Å². The lowest BCUT2D eigenvalue weighted by atomic mass is 10.1. The molecule has 6 nitrogen and oxygen atoms in total. The molecular formula is C15H17NO5. The number of ether oxygens (including phenoxy) is 2. The first-order chi connectivity index (χ1) is 10.1. The first-order valence-corrected chi connectivity index (χ1v) is 6.52. The molecule has 1 aliphatic carbocycles. The van der Waals surface area contributed by atoms with Crippen molar-refractivity contribution in [1.82, 2.24) is 0 Å². The molecule has 1 aromatic carbocycles. The number of carboxylic acids is 1. The summed E-state index contributed by atoms with van der Waals surface area (Å²) in [7, 11) is 2.87. The molecule has 0 saturated heterocycles. The number of methoxy groups -OCH3 is 2. The molecule has 0 heterocycles. The summed E-state index contributed by atoms with van der Waals surface area (Å²) < 4.78 is 10.2. The third kappa shape index (κ3) is 3.16. The van der Waals surface area contributed by atoms with Crippen molar-refractivity contribution in [3.05, 3.63) is 29.8 Å². The van der Waals surface area contributed by atoms with E-state index in [0.29, 0.717) is 24.3 Å². The zero-order valence-electron chi connectivity index (χ0n) is 11.9. The van der Waals surface area contributed by atoms with Crippen LogP contribution < -0.4 is 14.8 Å². The van der Waals surface area contributed by atoms with Crippen LogP contribution in [-0.4, -0.2) is 31.2 Å². The van der Waals surface area contributed by atoms with Crippen LogP contribution in [0, 0.1) is 5.92 Å². The number of anilines is 1. The van der Waals surface area contributed by atoms with Crippen molar-refractivity contribution >= 4 is 17.6 Å². The molecule has 2 rings (SSSR count). The van der Waals surface area contributed by atoms with E-state index in [1.165, 1.54) is 26.4 Å². The molecule has 0 unspecified atom stereocenters. The molecule has 1 amide bonds. The molecule has 0 aromatic heterocycles. The SMILES string of the molecule is COc1cc(NC(=O)C2CC=CC2)c(C(=O)O)cc1OC. The Balaban J connectivity index is 2.31. The summed E-state index contributed by atoms with van der Waals surface area (Å²) in [5, 5.41) is 11.9. The fraction of sp³-hybridized carbons (Fsp3) is 0.333. The first-order valence-electron chi connectivity index (χ1n) is 6.52. The highest BCUT2D eigenvalue weighted by molar-refractivity contribution is 6.02. The quantitative estimate of drug-likeness (QED) is 0.813. The highest BCUT2D eigenvalue weighted by Gasteiger charge is 2.23. The Morgan fingerprint density at radius 2 is 1.71 bits per heavy atom. The molecule has 0 atom stereocenters. The van der Waals surface area contributed by atoms with Gasteiger partial charge in [0.1, 0.15) is 0 Å². The Kier molecular flexibility index (Phi) is 4.47. The third-order valence-electron chi connectivity index (χ3n) is 3.39. The molecule has 112 valence electrons. The van der Waals surface area contributed by atoms with Gasteiger partial charge in [0.05, 0.1) is 25.5 Å². The summed E-state index contributed by atoms with van der Waals surface area (Å²) in [5.41, 5.74) is 0.170. The number of carboxylic acid groups (broad SMARTS) is 1. The summed E-state index contributed by atoms with van der Waals surface area (Å²) >= 11 is 0. The monoisotopic (exact) mass is 291 g/mol. The van der Waals surface area contributed by atoms with Gasteiger partial charge in [0.25, 0.3) is 0 Å². The highest BCUT2D eigenvalue weighted by atomic mass is 16.5. The Morgan fingerprint density at radius 1 is 1.14 bits per heavy atom. The molecule has 0 fully saturated rings. The van der Waals surface area contributed by atoms with Crippen LogP contribution in [0.25, 0.3) is 0 Å². The number of allylic oxidation sites excluding steroid dienone is 2. The molecule has 6 heteroatoms. The number of hydrogen-bond donors (Lipinski definition) is 2. The van der Waals surface area contributed by atoms with Gasteiger partial charge in [0.15, 0.2) is 11.5 Å². The Bertz CT molecular complexity index is 586. The summed E-state index contributed by atoms with van der Waals surface area (Å²) in [6, 6.07) is 2.80. The lowest BCUT2D eigenvalue weighted by Gasteiger charge is -2.15. The van der Waals surface area contributed by atoms with Gasteiger partial charge in [-0.3, -0.25) is 4.79 Å². The number of aromatic carboxylic acids is 1. The second kappa shape index (κ2) is 6.30. The van der Waals surface area contributed by atoms with Gasteiger partial charge in [-0.2, -0.15) is 0 Å². The first kappa shape index (κ1) is 14.9. The van der Waals surface area contributed by atoms with Crippen molar-refractivity contribution in [3.8, 4) is 11.5 Å². The number of nitrogens with one attached hydrogen (secondary N) is 1. The van der Waals surface area contributed by atoms with Gasteiger partial charge < -0.3 is 19.9 Å².